The summed E-state index contributed by atoms with van der Waals surface area (Å²) >= 11 is 0. The van der Waals surface area contributed by atoms with Gasteiger partial charge in [0.1, 0.15) is 0 Å². The van der Waals surface area contributed by atoms with Crippen molar-refractivity contribution in [3.8, 4) is 6.07 Å². The van der Waals surface area contributed by atoms with Crippen LogP contribution >= 0.6 is 0 Å². The number of ether oxygens (including phenoxy) is 1. The number of aliphatic hydroxyl groups is 1. The minimum absolute atomic E-state index is 0.211. The van der Waals surface area contributed by atoms with Gasteiger partial charge < -0.3 is 14.7 Å². The quantitative estimate of drug-likeness (QED) is 0.886. The molecule has 4 heteroatoms. The van der Waals surface area contributed by atoms with E-state index in [9.17, 15) is 5.11 Å². The van der Waals surface area contributed by atoms with E-state index in [-0.39, 0.29) is 5.60 Å². The van der Waals surface area contributed by atoms with Crippen molar-refractivity contribution >= 4 is 5.69 Å². The number of aliphatic hydroxyl groups excluding tert-OH is 1. The van der Waals surface area contributed by atoms with Gasteiger partial charge in [-0.2, -0.15) is 5.26 Å². The van der Waals surface area contributed by atoms with Crippen molar-refractivity contribution in [2.75, 3.05) is 24.6 Å². The number of hydrogen-bond acceptors (Lipinski definition) is 4. The molecule has 1 aliphatic heterocycles. The maximum atomic E-state index is 9.89. The molecule has 1 aliphatic rings. The number of anilines is 1. The second-order valence-corrected chi connectivity index (χ2v) is 5.59. The molecule has 1 heterocycles. The number of hydrogen-bond donors (Lipinski definition) is 1. The van der Waals surface area contributed by atoms with Crippen LogP contribution in [0.5, 0.6) is 0 Å². The molecule has 0 spiro atoms. The summed E-state index contributed by atoms with van der Waals surface area (Å²) in [4.78, 5) is 2.19. The second kappa shape index (κ2) is 5.20. The molecular formula is C15H20N2O2. The van der Waals surface area contributed by atoms with Crippen molar-refractivity contribution < 1.29 is 9.84 Å². The highest BCUT2D eigenvalue weighted by Gasteiger charge is 2.28. The molecule has 4 nitrogen and oxygen atoms in total. The van der Waals surface area contributed by atoms with E-state index in [2.05, 4.69) is 24.8 Å². The number of nitriles is 1. The molecule has 102 valence electrons. The average Bonchev–Trinajstić information content (AvgIpc) is 2.36. The molecule has 0 radical (unpaired) electrons. The fourth-order valence-corrected chi connectivity index (χ4v) is 2.46. The Morgan fingerprint density at radius 3 is 2.79 bits per heavy atom. The lowest BCUT2D eigenvalue weighted by molar-refractivity contribution is -0.0278. The Bertz CT molecular complexity index is 503. The van der Waals surface area contributed by atoms with Gasteiger partial charge in [0.05, 0.1) is 29.9 Å². The van der Waals surface area contributed by atoms with Gasteiger partial charge in [-0.1, -0.05) is 6.07 Å². The van der Waals surface area contributed by atoms with E-state index in [1.165, 1.54) is 0 Å². The van der Waals surface area contributed by atoms with Gasteiger partial charge in [-0.05, 0) is 32.9 Å². The summed E-state index contributed by atoms with van der Waals surface area (Å²) in [6.45, 7) is 8.03. The molecule has 1 saturated heterocycles. The smallest absolute Gasteiger partial charge is 0.0992 e. The molecule has 1 aromatic rings. The monoisotopic (exact) mass is 260 g/mol. The Hall–Kier alpha value is -1.57. The maximum absolute atomic E-state index is 9.89. The number of morpholine rings is 1. The van der Waals surface area contributed by atoms with Crippen molar-refractivity contribution in [3.63, 3.8) is 0 Å². The minimum Gasteiger partial charge on any atom is -0.389 e. The zero-order valence-electron chi connectivity index (χ0n) is 11.7. The van der Waals surface area contributed by atoms with Crippen LogP contribution in [0.3, 0.4) is 0 Å². The van der Waals surface area contributed by atoms with E-state index in [1.807, 2.05) is 12.1 Å². The van der Waals surface area contributed by atoms with Gasteiger partial charge in [0.15, 0.2) is 0 Å². The molecule has 0 aromatic heterocycles. The highest BCUT2D eigenvalue weighted by atomic mass is 16.5. The van der Waals surface area contributed by atoms with Gasteiger partial charge in [-0.25, -0.2) is 0 Å². The largest absolute Gasteiger partial charge is 0.389 e. The molecule has 0 unspecified atom stereocenters. The van der Waals surface area contributed by atoms with Crippen molar-refractivity contribution in [2.24, 2.45) is 0 Å². The van der Waals surface area contributed by atoms with Gasteiger partial charge in [-0.3, -0.25) is 0 Å². The van der Waals surface area contributed by atoms with E-state index in [0.717, 1.165) is 24.3 Å². The third-order valence-corrected chi connectivity index (χ3v) is 3.38. The first kappa shape index (κ1) is 13.9. The van der Waals surface area contributed by atoms with Crippen LogP contribution in [0, 0.1) is 11.3 Å². The summed E-state index contributed by atoms with van der Waals surface area (Å²) in [6, 6.07) is 7.59. The van der Waals surface area contributed by atoms with Gasteiger partial charge in [-0.15, -0.1) is 0 Å². The zero-order valence-corrected chi connectivity index (χ0v) is 11.7. The number of rotatable bonds is 2. The lowest BCUT2D eigenvalue weighted by atomic mass is 10.0. The standard InChI is InChI=1S/C15H20N2O2/c1-11(18)13-5-4-12(9-16)8-14(13)17-6-7-19-15(2,3)10-17/h4-5,8,11,18H,6-7,10H2,1-3H3/t11-/m0/s1. The van der Waals surface area contributed by atoms with Crippen molar-refractivity contribution in [3.05, 3.63) is 29.3 Å². The first-order chi connectivity index (χ1) is 8.93. The summed E-state index contributed by atoms with van der Waals surface area (Å²) in [5.74, 6) is 0. The van der Waals surface area contributed by atoms with Crippen molar-refractivity contribution in [1.29, 1.82) is 5.26 Å². The predicted molar refractivity (Wildman–Crippen MR) is 74.0 cm³/mol. The first-order valence-corrected chi connectivity index (χ1v) is 6.54. The molecule has 1 fully saturated rings. The maximum Gasteiger partial charge on any atom is 0.0992 e. The van der Waals surface area contributed by atoms with E-state index >= 15 is 0 Å². The molecule has 1 N–H and O–H groups in total. The lowest BCUT2D eigenvalue weighted by Crippen LogP contribution is -2.48. The fourth-order valence-electron chi connectivity index (χ4n) is 2.46. The predicted octanol–water partition coefficient (Wildman–Crippen LogP) is 2.23. The van der Waals surface area contributed by atoms with Crippen LogP contribution in [-0.2, 0) is 4.74 Å². The Morgan fingerprint density at radius 1 is 1.47 bits per heavy atom. The van der Waals surface area contributed by atoms with Gasteiger partial charge in [0.25, 0.3) is 0 Å². The molecule has 0 bridgehead atoms. The SMILES string of the molecule is C[C@H](O)c1ccc(C#N)cc1N1CCOC(C)(C)C1. The van der Waals surface area contributed by atoms with Crippen molar-refractivity contribution in [2.45, 2.75) is 32.5 Å². The van der Waals surface area contributed by atoms with Gasteiger partial charge in [0.2, 0.25) is 0 Å². The average molecular weight is 260 g/mol. The van der Waals surface area contributed by atoms with E-state index < -0.39 is 6.10 Å². The molecular weight excluding hydrogens is 240 g/mol. The molecule has 1 aromatic carbocycles. The van der Waals surface area contributed by atoms with Crippen LogP contribution in [0.25, 0.3) is 0 Å². The molecule has 0 saturated carbocycles. The highest BCUT2D eigenvalue weighted by molar-refractivity contribution is 5.59. The van der Waals surface area contributed by atoms with E-state index in [0.29, 0.717) is 12.2 Å². The molecule has 0 amide bonds. The third kappa shape index (κ3) is 3.06. The van der Waals surface area contributed by atoms with E-state index in [4.69, 9.17) is 10.00 Å². The zero-order chi connectivity index (χ0) is 14.0. The minimum atomic E-state index is -0.548. The molecule has 0 aliphatic carbocycles. The van der Waals surface area contributed by atoms with Crippen LogP contribution < -0.4 is 4.90 Å². The van der Waals surface area contributed by atoms with Crippen LogP contribution in [0.2, 0.25) is 0 Å². The Labute approximate surface area is 114 Å². The topological polar surface area (TPSA) is 56.5 Å². The molecule has 19 heavy (non-hydrogen) atoms. The van der Waals surface area contributed by atoms with Crippen molar-refractivity contribution in [1.82, 2.24) is 0 Å². The van der Waals surface area contributed by atoms with Gasteiger partial charge >= 0.3 is 0 Å². The van der Waals surface area contributed by atoms with Crippen LogP contribution in [0.4, 0.5) is 5.69 Å². The number of benzene rings is 1. The van der Waals surface area contributed by atoms with Gasteiger partial charge in [0, 0.05) is 24.3 Å². The number of nitrogens with zero attached hydrogens (tertiary/aromatic N) is 2. The molecule has 2 rings (SSSR count). The highest BCUT2D eigenvalue weighted by Crippen LogP contribution is 2.30. The second-order valence-electron chi connectivity index (χ2n) is 5.59. The van der Waals surface area contributed by atoms with E-state index in [1.54, 1.807) is 13.0 Å². The summed E-state index contributed by atoms with van der Waals surface area (Å²) in [7, 11) is 0. The summed E-state index contributed by atoms with van der Waals surface area (Å²) in [6.07, 6.45) is -0.548. The molecule has 1 atom stereocenters. The summed E-state index contributed by atoms with van der Waals surface area (Å²) < 4.78 is 5.70. The normalized spacial score (nSPS) is 19.8. The summed E-state index contributed by atoms with van der Waals surface area (Å²) in [5, 5.41) is 18.9. The fraction of sp³-hybridized carbons (Fsp3) is 0.533. The van der Waals surface area contributed by atoms with Crippen LogP contribution in [-0.4, -0.2) is 30.4 Å². The Kier molecular flexibility index (Phi) is 3.79. The third-order valence-electron chi connectivity index (χ3n) is 3.38. The van der Waals surface area contributed by atoms with Crippen LogP contribution in [0.15, 0.2) is 18.2 Å². The Morgan fingerprint density at radius 2 is 2.21 bits per heavy atom. The Balaban J connectivity index is 2.39. The summed E-state index contributed by atoms with van der Waals surface area (Å²) in [5.41, 5.74) is 2.20. The first-order valence-electron chi connectivity index (χ1n) is 6.54. The lowest BCUT2D eigenvalue weighted by Gasteiger charge is -2.40. The van der Waals surface area contributed by atoms with Crippen LogP contribution in [0.1, 0.15) is 38.0 Å².